The minimum absolute atomic E-state index is 0.116. The Morgan fingerprint density at radius 3 is 2.74 bits per heavy atom. The first-order valence-electron chi connectivity index (χ1n) is 11.7. The van der Waals surface area contributed by atoms with E-state index in [0.717, 1.165) is 12.0 Å². The van der Waals surface area contributed by atoms with Crippen LogP contribution >= 0.6 is 0 Å². The molecule has 0 saturated carbocycles. The van der Waals surface area contributed by atoms with Gasteiger partial charge in [-0.05, 0) is 49.8 Å². The average molecular weight is 486 g/mol. The zero-order valence-corrected chi connectivity index (χ0v) is 20.4. The number of sulfonamides is 1. The second-order valence-corrected chi connectivity index (χ2v) is 10.8. The maximum Gasteiger partial charge on any atom is 0.265 e. The number of anilines is 1. The van der Waals surface area contributed by atoms with Crippen molar-refractivity contribution in [2.45, 2.75) is 50.5 Å². The fraction of sp³-hybridized carbons (Fsp3) is 0.440. The SMILES string of the molecule is CC[C@@H]1Oc2cc(S(=O)(=O)N3CCC[C@H](C(=O)NCCc4ccccc4)C3)c(C)cc2NC1=O. The van der Waals surface area contributed by atoms with Crippen molar-refractivity contribution in [1.82, 2.24) is 9.62 Å². The van der Waals surface area contributed by atoms with Gasteiger partial charge in [0.05, 0.1) is 16.5 Å². The summed E-state index contributed by atoms with van der Waals surface area (Å²) in [5.41, 5.74) is 2.13. The third kappa shape index (κ3) is 5.10. The summed E-state index contributed by atoms with van der Waals surface area (Å²) in [6.07, 6.45) is 1.83. The summed E-state index contributed by atoms with van der Waals surface area (Å²) in [6.45, 7) is 4.55. The maximum absolute atomic E-state index is 13.5. The van der Waals surface area contributed by atoms with Crippen LogP contribution in [0.4, 0.5) is 5.69 Å². The third-order valence-electron chi connectivity index (χ3n) is 6.40. The molecule has 2 aromatic carbocycles. The van der Waals surface area contributed by atoms with E-state index in [2.05, 4.69) is 10.6 Å². The molecule has 2 N–H and O–H groups in total. The van der Waals surface area contributed by atoms with Crippen LogP contribution in [0.25, 0.3) is 0 Å². The van der Waals surface area contributed by atoms with Crippen molar-refractivity contribution in [3.8, 4) is 5.75 Å². The van der Waals surface area contributed by atoms with Crippen LogP contribution in [-0.2, 0) is 26.0 Å². The van der Waals surface area contributed by atoms with E-state index in [9.17, 15) is 18.0 Å². The molecule has 2 aliphatic rings. The monoisotopic (exact) mass is 485 g/mol. The number of hydrogen-bond donors (Lipinski definition) is 2. The van der Waals surface area contributed by atoms with E-state index in [1.165, 1.54) is 10.4 Å². The highest BCUT2D eigenvalue weighted by Crippen LogP contribution is 2.36. The molecule has 34 heavy (non-hydrogen) atoms. The van der Waals surface area contributed by atoms with Gasteiger partial charge in [0.15, 0.2) is 6.10 Å². The summed E-state index contributed by atoms with van der Waals surface area (Å²) in [6, 6.07) is 13.0. The molecule has 0 aliphatic carbocycles. The molecular weight excluding hydrogens is 454 g/mol. The lowest BCUT2D eigenvalue weighted by molar-refractivity contribution is -0.126. The highest BCUT2D eigenvalue weighted by atomic mass is 32.2. The number of nitrogens with zero attached hydrogens (tertiary/aromatic N) is 1. The number of amides is 2. The molecule has 4 rings (SSSR count). The van der Waals surface area contributed by atoms with Crippen molar-refractivity contribution in [2.75, 3.05) is 25.0 Å². The largest absolute Gasteiger partial charge is 0.478 e. The zero-order chi connectivity index (χ0) is 24.3. The molecule has 2 aromatic rings. The summed E-state index contributed by atoms with van der Waals surface area (Å²) >= 11 is 0. The number of benzene rings is 2. The molecular formula is C25H31N3O5S. The van der Waals surface area contributed by atoms with E-state index in [1.807, 2.05) is 37.3 Å². The van der Waals surface area contributed by atoms with E-state index >= 15 is 0 Å². The summed E-state index contributed by atoms with van der Waals surface area (Å²) in [4.78, 5) is 25.0. The van der Waals surface area contributed by atoms with Gasteiger partial charge in [0.2, 0.25) is 15.9 Å². The lowest BCUT2D eigenvalue weighted by Gasteiger charge is -2.32. The van der Waals surface area contributed by atoms with Gasteiger partial charge in [-0.25, -0.2) is 8.42 Å². The van der Waals surface area contributed by atoms with Crippen LogP contribution in [-0.4, -0.2) is 50.3 Å². The quantitative estimate of drug-likeness (QED) is 0.628. The number of carbonyl (C=O) groups excluding carboxylic acids is 2. The summed E-state index contributed by atoms with van der Waals surface area (Å²) < 4.78 is 34.2. The fourth-order valence-corrected chi connectivity index (χ4v) is 6.21. The molecule has 9 heteroatoms. The minimum atomic E-state index is -3.83. The van der Waals surface area contributed by atoms with Gasteiger partial charge in [-0.3, -0.25) is 9.59 Å². The summed E-state index contributed by atoms with van der Waals surface area (Å²) in [5.74, 6) is -0.392. The topological polar surface area (TPSA) is 105 Å². The van der Waals surface area contributed by atoms with Crippen LogP contribution < -0.4 is 15.4 Å². The Bertz CT molecular complexity index is 1170. The Kier molecular flexibility index (Phi) is 7.23. The Morgan fingerprint density at radius 2 is 2.00 bits per heavy atom. The number of ether oxygens (including phenoxy) is 1. The predicted octanol–water partition coefficient (Wildman–Crippen LogP) is 2.86. The first kappa shape index (κ1) is 24.2. The highest BCUT2D eigenvalue weighted by molar-refractivity contribution is 7.89. The average Bonchev–Trinajstić information content (AvgIpc) is 2.84. The van der Waals surface area contributed by atoms with Crippen molar-refractivity contribution >= 4 is 27.5 Å². The summed E-state index contributed by atoms with van der Waals surface area (Å²) in [7, 11) is -3.83. The van der Waals surface area contributed by atoms with Crippen LogP contribution in [0.5, 0.6) is 5.75 Å². The smallest absolute Gasteiger partial charge is 0.265 e. The second-order valence-electron chi connectivity index (χ2n) is 8.85. The van der Waals surface area contributed by atoms with Gasteiger partial charge >= 0.3 is 0 Å². The highest BCUT2D eigenvalue weighted by Gasteiger charge is 2.35. The van der Waals surface area contributed by atoms with Gasteiger partial charge in [0.25, 0.3) is 5.91 Å². The summed E-state index contributed by atoms with van der Waals surface area (Å²) in [5, 5.41) is 5.75. The van der Waals surface area contributed by atoms with E-state index in [1.54, 1.807) is 13.0 Å². The van der Waals surface area contributed by atoms with Crippen molar-refractivity contribution < 1.29 is 22.7 Å². The molecule has 8 nitrogen and oxygen atoms in total. The van der Waals surface area contributed by atoms with Crippen molar-refractivity contribution in [3.63, 3.8) is 0 Å². The molecule has 1 saturated heterocycles. The number of carbonyl (C=O) groups is 2. The van der Waals surface area contributed by atoms with E-state index in [0.29, 0.717) is 49.4 Å². The molecule has 0 spiro atoms. The van der Waals surface area contributed by atoms with Crippen LogP contribution in [0.1, 0.15) is 37.3 Å². The molecule has 2 aliphatic heterocycles. The first-order chi connectivity index (χ1) is 16.3. The molecule has 0 radical (unpaired) electrons. The van der Waals surface area contributed by atoms with Gasteiger partial charge in [0, 0.05) is 25.7 Å². The van der Waals surface area contributed by atoms with Gasteiger partial charge in [-0.15, -0.1) is 0 Å². The predicted molar refractivity (Wildman–Crippen MR) is 129 cm³/mol. The van der Waals surface area contributed by atoms with Gasteiger partial charge in [-0.2, -0.15) is 4.31 Å². The Hall–Kier alpha value is -2.91. The molecule has 0 aromatic heterocycles. The number of piperidine rings is 1. The molecule has 0 bridgehead atoms. The van der Waals surface area contributed by atoms with E-state index in [-0.39, 0.29) is 23.3 Å². The Morgan fingerprint density at radius 1 is 1.24 bits per heavy atom. The first-order valence-corrected chi connectivity index (χ1v) is 13.2. The molecule has 0 unspecified atom stereocenters. The van der Waals surface area contributed by atoms with Crippen LogP contribution in [0, 0.1) is 12.8 Å². The Balaban J connectivity index is 1.45. The van der Waals surface area contributed by atoms with Crippen LogP contribution in [0.2, 0.25) is 0 Å². The molecule has 2 atom stereocenters. The normalized spacial score (nSPS) is 20.7. The standard InChI is InChI=1S/C25H31N3O5S/c1-3-21-25(30)27-20-14-17(2)23(15-22(20)33-21)34(31,32)28-13-7-10-19(16-28)24(29)26-12-11-18-8-5-4-6-9-18/h4-6,8-9,14-15,19,21H,3,7,10-13,16H2,1-2H3,(H,26,29)(H,27,30)/t19-,21-/m0/s1. The van der Waals surface area contributed by atoms with Gasteiger partial charge < -0.3 is 15.4 Å². The Labute approximate surface area is 200 Å². The number of hydrogen-bond acceptors (Lipinski definition) is 5. The number of aryl methyl sites for hydroxylation is 1. The lowest BCUT2D eigenvalue weighted by Crippen LogP contribution is -2.45. The molecule has 1 fully saturated rings. The molecule has 2 heterocycles. The third-order valence-corrected chi connectivity index (χ3v) is 8.40. The number of rotatable bonds is 7. The van der Waals surface area contributed by atoms with Gasteiger partial charge in [0.1, 0.15) is 5.75 Å². The van der Waals surface area contributed by atoms with Crippen molar-refractivity contribution in [2.24, 2.45) is 5.92 Å². The van der Waals surface area contributed by atoms with E-state index in [4.69, 9.17) is 4.74 Å². The lowest BCUT2D eigenvalue weighted by atomic mass is 9.99. The second kappa shape index (κ2) is 10.1. The maximum atomic E-state index is 13.5. The van der Waals surface area contributed by atoms with Crippen molar-refractivity contribution in [3.05, 3.63) is 53.6 Å². The minimum Gasteiger partial charge on any atom is -0.478 e. The van der Waals surface area contributed by atoms with Crippen LogP contribution in [0.15, 0.2) is 47.4 Å². The van der Waals surface area contributed by atoms with Crippen molar-refractivity contribution in [1.29, 1.82) is 0 Å². The number of fused-ring (bicyclic) bond motifs is 1. The number of nitrogens with one attached hydrogen (secondary N) is 2. The fourth-order valence-electron chi connectivity index (χ4n) is 4.46. The molecule has 182 valence electrons. The van der Waals surface area contributed by atoms with Gasteiger partial charge in [-0.1, -0.05) is 37.3 Å². The van der Waals surface area contributed by atoms with E-state index < -0.39 is 22.0 Å². The molecule has 2 amide bonds. The zero-order valence-electron chi connectivity index (χ0n) is 19.5. The van der Waals surface area contributed by atoms with Crippen LogP contribution in [0.3, 0.4) is 0 Å².